The van der Waals surface area contributed by atoms with Crippen molar-refractivity contribution >= 4 is 41.2 Å². The summed E-state index contributed by atoms with van der Waals surface area (Å²) in [5.74, 6) is 1.48. The Labute approximate surface area is 320 Å². The summed E-state index contributed by atoms with van der Waals surface area (Å²) in [4.78, 5) is 56.4. The van der Waals surface area contributed by atoms with E-state index in [2.05, 4.69) is 35.9 Å². The molecule has 16 nitrogen and oxygen atoms in total. The highest BCUT2D eigenvalue weighted by atomic mass is 16.6. The van der Waals surface area contributed by atoms with Crippen molar-refractivity contribution < 1.29 is 28.6 Å². The number of nitrogens with zero attached hydrogens (tertiary/aromatic N) is 5. The van der Waals surface area contributed by atoms with Crippen molar-refractivity contribution in [3.8, 4) is 11.5 Å². The van der Waals surface area contributed by atoms with E-state index < -0.39 is 5.60 Å². The average molecular weight is 755 g/mol. The Morgan fingerprint density at radius 2 is 1.15 bits per heavy atom. The molecule has 2 aromatic carbocycles. The molecule has 2 aliphatic heterocycles. The van der Waals surface area contributed by atoms with Crippen LogP contribution in [0.15, 0.2) is 60.9 Å². The molecule has 292 valence electrons. The Bertz CT molecular complexity index is 1960. The number of ether oxygens (including phenoxy) is 3. The molecule has 4 heterocycles. The molecule has 0 spiro atoms. The van der Waals surface area contributed by atoms with Gasteiger partial charge < -0.3 is 46.5 Å². The normalized spacial score (nSPS) is 14.9. The second-order valence-corrected chi connectivity index (χ2v) is 14.1. The van der Waals surface area contributed by atoms with Crippen LogP contribution < -0.4 is 36.9 Å². The third-order valence-electron chi connectivity index (χ3n) is 8.98. The quantitative estimate of drug-likeness (QED) is 0.140. The number of piperidine rings is 2. The van der Waals surface area contributed by atoms with E-state index in [4.69, 9.17) is 25.7 Å². The first-order valence-electron chi connectivity index (χ1n) is 18.2. The molecule has 16 heteroatoms. The lowest BCUT2D eigenvalue weighted by molar-refractivity contribution is 0.0210. The van der Waals surface area contributed by atoms with Gasteiger partial charge in [-0.15, -0.1) is 0 Å². The lowest BCUT2D eigenvalue weighted by Crippen LogP contribution is -2.44. The van der Waals surface area contributed by atoms with Crippen molar-refractivity contribution in [2.24, 2.45) is 0 Å². The number of methoxy groups -OCH3 is 2. The Morgan fingerprint density at radius 1 is 0.709 bits per heavy atom. The van der Waals surface area contributed by atoms with Gasteiger partial charge in [-0.05, 0) is 83.8 Å². The maximum absolute atomic E-state index is 12.8. The number of rotatable bonds is 10. The number of ketones is 2. The fourth-order valence-electron chi connectivity index (χ4n) is 6.10. The molecular weight excluding hydrogens is 704 g/mol. The molecule has 2 fully saturated rings. The van der Waals surface area contributed by atoms with Crippen molar-refractivity contribution in [3.05, 3.63) is 83.2 Å². The van der Waals surface area contributed by atoms with Crippen molar-refractivity contribution in [2.45, 2.75) is 64.1 Å². The number of para-hydroxylation sites is 2. The molecule has 4 aromatic rings. The lowest BCUT2D eigenvalue weighted by atomic mass is 10.0. The van der Waals surface area contributed by atoms with Gasteiger partial charge in [-0.1, -0.05) is 24.3 Å². The third kappa shape index (κ3) is 10.8. The van der Waals surface area contributed by atoms with E-state index >= 15 is 0 Å². The third-order valence-corrected chi connectivity index (χ3v) is 8.98. The van der Waals surface area contributed by atoms with Crippen molar-refractivity contribution in [3.63, 3.8) is 0 Å². The van der Waals surface area contributed by atoms with E-state index in [1.807, 2.05) is 26.8 Å². The van der Waals surface area contributed by atoms with Gasteiger partial charge >= 0.3 is 6.09 Å². The van der Waals surface area contributed by atoms with Gasteiger partial charge in [-0.25, -0.2) is 14.8 Å². The van der Waals surface area contributed by atoms with Gasteiger partial charge in [0.25, 0.3) is 0 Å². The number of hydrogen-bond acceptors (Lipinski definition) is 15. The predicted molar refractivity (Wildman–Crippen MR) is 210 cm³/mol. The number of nitrogens with one attached hydrogen (secondary N) is 3. The van der Waals surface area contributed by atoms with Crippen LogP contribution in [-0.2, 0) is 4.74 Å². The zero-order chi connectivity index (χ0) is 39.5. The number of carbonyl (C=O) groups is 3. The van der Waals surface area contributed by atoms with Gasteiger partial charge in [-0.2, -0.15) is 9.97 Å². The largest absolute Gasteiger partial charge is 0.496 e. The van der Waals surface area contributed by atoms with Crippen molar-refractivity contribution in [1.29, 1.82) is 0 Å². The number of aromatic nitrogens is 4. The number of nitrogens with two attached hydrogens (primary N) is 2. The minimum absolute atomic E-state index is 0.0915. The number of nitrogen functional groups attached to an aromatic ring is 2. The summed E-state index contributed by atoms with van der Waals surface area (Å²) in [6.07, 6.45) is 6.06. The molecule has 2 saturated heterocycles. The van der Waals surface area contributed by atoms with Crippen LogP contribution in [0.25, 0.3) is 0 Å². The maximum Gasteiger partial charge on any atom is 0.410 e. The van der Waals surface area contributed by atoms with Crippen molar-refractivity contribution in [1.82, 2.24) is 30.2 Å². The maximum atomic E-state index is 12.8. The molecule has 0 aliphatic carbocycles. The molecule has 0 unspecified atom stereocenters. The van der Waals surface area contributed by atoms with Gasteiger partial charge in [0.15, 0.2) is 0 Å². The highest BCUT2D eigenvalue weighted by molar-refractivity contribution is 6.13. The van der Waals surface area contributed by atoms with Gasteiger partial charge in [0.2, 0.25) is 23.5 Å². The summed E-state index contributed by atoms with van der Waals surface area (Å²) in [5, 5.41) is 9.82. The summed E-state index contributed by atoms with van der Waals surface area (Å²) in [6, 6.07) is 14.4. The summed E-state index contributed by atoms with van der Waals surface area (Å²) in [7, 11) is 3.03. The van der Waals surface area contributed by atoms with Crippen LogP contribution in [0.4, 0.5) is 28.3 Å². The SMILES string of the molecule is COc1ccccc1C(=O)c1cnc(NC2CCN(C(=O)OC(C)(C)C)CC2)nc1N.COc1ccccc1C(=O)c1cnc(NC2CCNCC2)nc1N. The second kappa shape index (κ2) is 18.3. The van der Waals surface area contributed by atoms with Crippen molar-refractivity contribution in [2.75, 3.05) is 62.5 Å². The number of hydrogen-bond donors (Lipinski definition) is 5. The monoisotopic (exact) mass is 754 g/mol. The summed E-state index contributed by atoms with van der Waals surface area (Å²) >= 11 is 0. The number of amides is 1. The average Bonchev–Trinajstić information content (AvgIpc) is 3.18. The lowest BCUT2D eigenvalue weighted by Gasteiger charge is -2.33. The molecule has 0 atom stereocenters. The van der Waals surface area contributed by atoms with Crippen LogP contribution in [0.3, 0.4) is 0 Å². The zero-order valence-electron chi connectivity index (χ0n) is 31.9. The predicted octanol–water partition coefficient (Wildman–Crippen LogP) is 4.57. The standard InChI is InChI=1S/C22H29N5O4.C17H21N5O2/c1-22(2,3)31-21(29)27-11-9-14(10-12-27)25-20-24-13-16(19(23)26-20)18(28)15-7-5-6-8-17(15)30-4;1-24-14-5-3-2-4-12(14)15(23)13-10-20-17(22-16(13)18)21-11-6-8-19-9-7-11/h5-8,13-14H,9-12H2,1-4H3,(H3,23,24,25,26);2-5,10-11,19H,6-9H2,1H3,(H3,18,20,21,22). The topological polar surface area (TPSA) is 222 Å². The Balaban J connectivity index is 0.000000218. The van der Waals surface area contributed by atoms with Gasteiger partial charge in [0.1, 0.15) is 28.7 Å². The molecule has 7 N–H and O–H groups in total. The number of benzene rings is 2. The molecule has 55 heavy (non-hydrogen) atoms. The summed E-state index contributed by atoms with van der Waals surface area (Å²) in [6.45, 7) is 8.64. The van der Waals surface area contributed by atoms with Crippen LogP contribution in [0, 0.1) is 0 Å². The highest BCUT2D eigenvalue weighted by Gasteiger charge is 2.28. The van der Waals surface area contributed by atoms with Crippen LogP contribution in [0.5, 0.6) is 11.5 Å². The Hall–Kier alpha value is -6.03. The first kappa shape index (κ1) is 40.2. The first-order valence-corrected chi connectivity index (χ1v) is 18.2. The van der Waals surface area contributed by atoms with Gasteiger partial charge in [-0.3, -0.25) is 9.59 Å². The Morgan fingerprint density at radius 3 is 1.56 bits per heavy atom. The van der Waals surface area contributed by atoms with E-state index in [0.717, 1.165) is 38.8 Å². The fourth-order valence-corrected chi connectivity index (χ4v) is 6.10. The Kier molecular flexibility index (Phi) is 13.4. The van der Waals surface area contributed by atoms with Crippen LogP contribution in [0.1, 0.15) is 78.3 Å². The molecule has 1 amide bonds. The number of anilines is 4. The second-order valence-electron chi connectivity index (χ2n) is 14.1. The van der Waals surface area contributed by atoms with E-state index in [0.29, 0.717) is 53.7 Å². The molecule has 2 aliphatic rings. The minimum Gasteiger partial charge on any atom is -0.496 e. The van der Waals surface area contributed by atoms with E-state index in [1.165, 1.54) is 26.6 Å². The first-order chi connectivity index (χ1) is 26.4. The van der Waals surface area contributed by atoms with E-state index in [9.17, 15) is 14.4 Å². The van der Waals surface area contributed by atoms with E-state index in [-0.39, 0.29) is 46.5 Å². The van der Waals surface area contributed by atoms with Crippen LogP contribution in [0.2, 0.25) is 0 Å². The number of carbonyl (C=O) groups excluding carboxylic acids is 3. The zero-order valence-corrected chi connectivity index (χ0v) is 31.9. The van der Waals surface area contributed by atoms with Crippen LogP contribution in [-0.4, -0.2) is 101 Å². The fraction of sp³-hybridized carbons (Fsp3) is 0.410. The summed E-state index contributed by atoms with van der Waals surface area (Å²) in [5.41, 5.74) is 12.9. The number of likely N-dealkylation sites (tertiary alicyclic amines) is 1. The van der Waals surface area contributed by atoms with E-state index in [1.54, 1.807) is 47.4 Å². The highest BCUT2D eigenvalue weighted by Crippen LogP contribution is 2.26. The molecular formula is C39H50N10O6. The van der Waals surface area contributed by atoms with Gasteiger partial charge in [0.05, 0.1) is 36.5 Å². The molecule has 2 aromatic heterocycles. The van der Waals surface area contributed by atoms with Crippen LogP contribution >= 0.6 is 0 Å². The molecule has 0 bridgehead atoms. The molecule has 0 radical (unpaired) electrons. The summed E-state index contributed by atoms with van der Waals surface area (Å²) < 4.78 is 15.9. The molecule has 0 saturated carbocycles. The van der Waals surface area contributed by atoms with Gasteiger partial charge in [0, 0.05) is 37.6 Å². The smallest absolute Gasteiger partial charge is 0.410 e. The minimum atomic E-state index is -0.513. The molecule has 6 rings (SSSR count).